The van der Waals surface area contributed by atoms with Crippen molar-refractivity contribution in [1.29, 1.82) is 0 Å². The van der Waals surface area contributed by atoms with Crippen LogP contribution in [-0.2, 0) is 9.84 Å². The lowest BCUT2D eigenvalue weighted by Gasteiger charge is -2.11. The maximum absolute atomic E-state index is 12.0. The maximum Gasteiger partial charge on any atom is 0.251 e. The van der Waals surface area contributed by atoms with Crippen LogP contribution in [0.25, 0.3) is 6.08 Å². The zero-order chi connectivity index (χ0) is 14.0. The molecule has 0 saturated carbocycles. The molecule has 1 N–H and O–H groups in total. The van der Waals surface area contributed by atoms with Crippen LogP contribution in [0, 0.1) is 0 Å². The van der Waals surface area contributed by atoms with E-state index in [2.05, 4.69) is 5.32 Å². The van der Waals surface area contributed by atoms with E-state index in [-0.39, 0.29) is 10.8 Å². The minimum absolute atomic E-state index is 0.202. The molecule has 0 fully saturated rings. The van der Waals surface area contributed by atoms with Crippen LogP contribution in [0.4, 0.5) is 0 Å². The Hall–Kier alpha value is -1.66. The Morgan fingerprint density at radius 1 is 1.32 bits per heavy atom. The third kappa shape index (κ3) is 2.85. The van der Waals surface area contributed by atoms with Crippen molar-refractivity contribution in [1.82, 2.24) is 10.2 Å². The molecule has 0 aromatic heterocycles. The molecule has 1 amide bonds. The average Bonchev–Trinajstić information content (AvgIpc) is 2.65. The molecule has 6 heteroatoms. The van der Waals surface area contributed by atoms with Gasteiger partial charge in [-0.15, -0.1) is 0 Å². The summed E-state index contributed by atoms with van der Waals surface area (Å²) in [5.74, 6) is -0.250. The first-order valence-corrected chi connectivity index (χ1v) is 7.45. The summed E-state index contributed by atoms with van der Waals surface area (Å²) >= 11 is 0. The Labute approximate surface area is 112 Å². The Bertz CT molecular complexity index is 633. The third-order valence-electron chi connectivity index (χ3n) is 2.88. The molecule has 0 spiro atoms. The number of nitrogens with zero attached hydrogens (tertiary/aromatic N) is 1. The first-order chi connectivity index (χ1) is 8.92. The van der Waals surface area contributed by atoms with Gasteiger partial charge in [-0.3, -0.25) is 4.79 Å². The van der Waals surface area contributed by atoms with E-state index in [4.69, 9.17) is 0 Å². The lowest BCUT2D eigenvalue weighted by Crippen LogP contribution is -2.31. The Balaban J connectivity index is 2.21. The molecule has 102 valence electrons. The fraction of sp³-hybridized carbons (Fsp3) is 0.308. The van der Waals surface area contributed by atoms with Gasteiger partial charge in [0.15, 0.2) is 9.84 Å². The first-order valence-electron chi connectivity index (χ1n) is 5.91. The highest BCUT2D eigenvalue weighted by Crippen LogP contribution is 2.29. The van der Waals surface area contributed by atoms with E-state index in [1.54, 1.807) is 12.1 Å². The number of benzene rings is 1. The van der Waals surface area contributed by atoms with E-state index in [9.17, 15) is 13.2 Å². The number of nitrogens with one attached hydrogen (secondary N) is 1. The fourth-order valence-electron chi connectivity index (χ4n) is 1.88. The van der Waals surface area contributed by atoms with E-state index in [1.165, 1.54) is 12.1 Å². The van der Waals surface area contributed by atoms with Gasteiger partial charge in [0.05, 0.1) is 4.90 Å². The van der Waals surface area contributed by atoms with Gasteiger partial charge in [-0.05, 0) is 32.3 Å². The summed E-state index contributed by atoms with van der Waals surface area (Å²) in [6.07, 6.45) is 1.48. The molecule has 0 atom stereocenters. The van der Waals surface area contributed by atoms with E-state index < -0.39 is 9.84 Å². The topological polar surface area (TPSA) is 66.5 Å². The van der Waals surface area contributed by atoms with Gasteiger partial charge in [0.1, 0.15) is 0 Å². The number of rotatable bonds is 4. The highest BCUT2D eigenvalue weighted by Gasteiger charge is 2.24. The molecule has 0 radical (unpaired) electrons. The molecule has 0 unspecified atom stereocenters. The average molecular weight is 280 g/mol. The molecular formula is C13H16N2O3S. The van der Waals surface area contributed by atoms with Gasteiger partial charge in [-0.1, -0.05) is 6.07 Å². The number of fused-ring (bicyclic) bond motifs is 1. The quantitative estimate of drug-likeness (QED) is 0.883. The van der Waals surface area contributed by atoms with Crippen LogP contribution in [0.15, 0.2) is 28.5 Å². The monoisotopic (exact) mass is 280 g/mol. The van der Waals surface area contributed by atoms with Crippen molar-refractivity contribution < 1.29 is 13.2 Å². The standard InChI is InChI=1S/C13H16N2O3S/c1-15(2)8-7-14-13(16)11-4-3-5-12-10(11)6-9-19(12,17)18/h3-6,9H,7-8H2,1-2H3,(H,14,16). The number of carbonyl (C=O) groups excluding carboxylic acids is 1. The lowest BCUT2D eigenvalue weighted by atomic mass is 10.1. The Morgan fingerprint density at radius 3 is 2.74 bits per heavy atom. The van der Waals surface area contributed by atoms with Crippen LogP contribution in [0.1, 0.15) is 15.9 Å². The van der Waals surface area contributed by atoms with Crippen molar-refractivity contribution in [3.8, 4) is 0 Å². The molecule has 19 heavy (non-hydrogen) atoms. The summed E-state index contributed by atoms with van der Waals surface area (Å²) in [7, 11) is 0.472. The lowest BCUT2D eigenvalue weighted by molar-refractivity contribution is 0.0950. The summed E-state index contributed by atoms with van der Waals surface area (Å²) in [6.45, 7) is 1.25. The van der Waals surface area contributed by atoms with Crippen LogP contribution in [0.5, 0.6) is 0 Å². The second kappa shape index (κ2) is 5.14. The molecule has 5 nitrogen and oxygen atoms in total. The minimum Gasteiger partial charge on any atom is -0.351 e. The molecule has 1 aromatic rings. The molecule has 1 aromatic carbocycles. The summed E-state index contributed by atoms with van der Waals surface area (Å²) in [5.41, 5.74) is 0.874. The molecule has 2 rings (SSSR count). The number of amides is 1. The Kier molecular flexibility index (Phi) is 3.73. The highest BCUT2D eigenvalue weighted by molar-refractivity contribution is 7.94. The van der Waals surface area contributed by atoms with E-state index in [0.29, 0.717) is 17.7 Å². The van der Waals surface area contributed by atoms with Gasteiger partial charge in [-0.25, -0.2) is 8.42 Å². The first kappa shape index (κ1) is 13.8. The van der Waals surface area contributed by atoms with Crippen molar-refractivity contribution >= 4 is 21.8 Å². The van der Waals surface area contributed by atoms with Crippen LogP contribution >= 0.6 is 0 Å². The molecule has 1 aliphatic heterocycles. The minimum atomic E-state index is -3.36. The summed E-state index contributed by atoms with van der Waals surface area (Å²) in [5, 5.41) is 3.91. The predicted molar refractivity (Wildman–Crippen MR) is 73.5 cm³/mol. The Morgan fingerprint density at radius 2 is 2.05 bits per heavy atom. The van der Waals surface area contributed by atoms with E-state index in [0.717, 1.165) is 12.0 Å². The molecule has 0 saturated heterocycles. The van der Waals surface area contributed by atoms with Gasteiger partial charge in [-0.2, -0.15) is 0 Å². The van der Waals surface area contributed by atoms with Gasteiger partial charge in [0.2, 0.25) is 0 Å². The smallest absolute Gasteiger partial charge is 0.251 e. The van der Waals surface area contributed by atoms with Gasteiger partial charge in [0, 0.05) is 29.6 Å². The molecule has 1 aliphatic rings. The largest absolute Gasteiger partial charge is 0.351 e. The van der Waals surface area contributed by atoms with Crippen molar-refractivity contribution in [2.45, 2.75) is 4.90 Å². The summed E-state index contributed by atoms with van der Waals surface area (Å²) in [4.78, 5) is 14.2. The van der Waals surface area contributed by atoms with Crippen molar-refractivity contribution in [3.05, 3.63) is 34.7 Å². The fourth-order valence-corrected chi connectivity index (χ4v) is 3.10. The molecule has 0 aliphatic carbocycles. The number of hydrogen-bond donors (Lipinski definition) is 1. The van der Waals surface area contributed by atoms with Crippen molar-refractivity contribution in [3.63, 3.8) is 0 Å². The highest BCUT2D eigenvalue weighted by atomic mass is 32.2. The van der Waals surface area contributed by atoms with Crippen LogP contribution in [-0.4, -0.2) is 46.4 Å². The zero-order valence-corrected chi connectivity index (χ0v) is 11.7. The van der Waals surface area contributed by atoms with Crippen molar-refractivity contribution in [2.75, 3.05) is 27.2 Å². The second-order valence-corrected chi connectivity index (χ2v) is 6.43. The van der Waals surface area contributed by atoms with Crippen molar-refractivity contribution in [2.24, 2.45) is 0 Å². The predicted octanol–water partition coefficient (Wildman–Crippen LogP) is 0.736. The molecular weight excluding hydrogens is 264 g/mol. The van der Waals surface area contributed by atoms with Gasteiger partial charge >= 0.3 is 0 Å². The molecule has 1 heterocycles. The SMILES string of the molecule is CN(C)CCNC(=O)c1cccc2c1C=CS2(=O)=O. The number of carbonyl (C=O) groups is 1. The van der Waals surface area contributed by atoms with E-state index >= 15 is 0 Å². The van der Waals surface area contributed by atoms with Gasteiger partial charge in [0.25, 0.3) is 5.91 Å². The second-order valence-electron chi connectivity index (χ2n) is 4.62. The normalized spacial score (nSPS) is 15.5. The number of likely N-dealkylation sites (N-methyl/N-ethyl adjacent to an activating group) is 1. The van der Waals surface area contributed by atoms with Crippen LogP contribution in [0.3, 0.4) is 0 Å². The van der Waals surface area contributed by atoms with Crippen LogP contribution < -0.4 is 5.32 Å². The van der Waals surface area contributed by atoms with E-state index in [1.807, 2.05) is 19.0 Å². The summed E-state index contributed by atoms with van der Waals surface area (Å²) in [6, 6.07) is 4.74. The summed E-state index contributed by atoms with van der Waals surface area (Å²) < 4.78 is 23.4. The number of sulfone groups is 1. The zero-order valence-electron chi connectivity index (χ0n) is 10.9. The maximum atomic E-state index is 12.0. The molecule has 0 bridgehead atoms. The number of hydrogen-bond acceptors (Lipinski definition) is 4. The van der Waals surface area contributed by atoms with Gasteiger partial charge < -0.3 is 10.2 Å². The van der Waals surface area contributed by atoms with Crippen LogP contribution in [0.2, 0.25) is 0 Å². The third-order valence-corrected chi connectivity index (χ3v) is 4.34.